The zero-order valence-electron chi connectivity index (χ0n) is 17.0. The molecular weight excluding hydrogens is 515 g/mol. The molecule has 2 aromatic heterocycles. The van der Waals surface area contributed by atoms with Gasteiger partial charge in [0.05, 0.1) is 4.90 Å². The number of sulfone groups is 1. The Morgan fingerprint density at radius 2 is 1.80 bits per heavy atom. The third-order valence-electron chi connectivity index (χ3n) is 4.33. The van der Waals surface area contributed by atoms with Crippen LogP contribution in [-0.4, -0.2) is 42.4 Å². The van der Waals surface area contributed by atoms with Crippen molar-refractivity contribution >= 4 is 39.8 Å². The van der Waals surface area contributed by atoms with Crippen molar-refractivity contribution in [1.29, 1.82) is 0 Å². The number of aromatic nitrogens is 3. The molecule has 160 valence electrons. The van der Waals surface area contributed by atoms with Crippen LogP contribution in [0.25, 0.3) is 5.82 Å². The molecule has 0 aliphatic heterocycles. The maximum atomic E-state index is 11.7. The smallest absolute Gasteiger partial charge is 0.191 e. The zero-order valence-corrected chi connectivity index (χ0v) is 20.2. The second-order valence-electron chi connectivity index (χ2n) is 6.62. The second kappa shape index (κ2) is 10.5. The highest BCUT2D eigenvalue weighted by atomic mass is 127. The molecule has 0 spiro atoms. The van der Waals surface area contributed by atoms with E-state index in [-0.39, 0.29) is 24.0 Å². The summed E-state index contributed by atoms with van der Waals surface area (Å²) in [5.74, 6) is 1.39. The summed E-state index contributed by atoms with van der Waals surface area (Å²) in [6, 6.07) is 11.1. The quantitative estimate of drug-likeness (QED) is 0.283. The lowest BCUT2D eigenvalue weighted by atomic mass is 10.1. The van der Waals surface area contributed by atoms with Gasteiger partial charge in [-0.1, -0.05) is 12.1 Å². The fraction of sp³-hybridized carbons (Fsp3) is 0.250. The van der Waals surface area contributed by atoms with Gasteiger partial charge in [-0.2, -0.15) is 5.10 Å². The van der Waals surface area contributed by atoms with Gasteiger partial charge in [0.15, 0.2) is 21.6 Å². The van der Waals surface area contributed by atoms with Gasteiger partial charge in [0.1, 0.15) is 0 Å². The van der Waals surface area contributed by atoms with Gasteiger partial charge in [0.2, 0.25) is 0 Å². The van der Waals surface area contributed by atoms with E-state index in [1.54, 1.807) is 37.1 Å². The molecule has 0 aliphatic carbocycles. The maximum Gasteiger partial charge on any atom is 0.191 e. The Hall–Kier alpha value is -2.47. The van der Waals surface area contributed by atoms with Gasteiger partial charge in [-0.3, -0.25) is 4.99 Å². The molecule has 2 N–H and O–H groups in total. The summed E-state index contributed by atoms with van der Waals surface area (Å²) in [6.45, 7) is 2.90. The number of pyridine rings is 1. The van der Waals surface area contributed by atoms with Crippen LogP contribution in [0, 0.1) is 6.92 Å². The number of guanidine groups is 1. The number of benzene rings is 1. The van der Waals surface area contributed by atoms with Crippen LogP contribution in [0.5, 0.6) is 0 Å². The first-order valence-corrected chi connectivity index (χ1v) is 10.9. The first-order valence-electron chi connectivity index (χ1n) is 9.06. The van der Waals surface area contributed by atoms with Crippen molar-refractivity contribution in [2.75, 3.05) is 13.3 Å². The summed E-state index contributed by atoms with van der Waals surface area (Å²) >= 11 is 0. The zero-order chi connectivity index (χ0) is 20.9. The SMILES string of the molecule is CN=C(NCc1ccnc(-n2cccn2)c1)NCc1ccc(S(C)(=O)=O)c(C)c1.I. The van der Waals surface area contributed by atoms with Crippen LogP contribution in [0.3, 0.4) is 0 Å². The van der Waals surface area contributed by atoms with Crippen LogP contribution in [-0.2, 0) is 22.9 Å². The van der Waals surface area contributed by atoms with Crippen molar-refractivity contribution < 1.29 is 8.42 Å². The molecule has 0 saturated carbocycles. The molecule has 0 amide bonds. The van der Waals surface area contributed by atoms with Crippen molar-refractivity contribution in [2.24, 2.45) is 4.99 Å². The van der Waals surface area contributed by atoms with Gasteiger partial charge in [0, 0.05) is 45.0 Å². The Labute approximate surface area is 193 Å². The highest BCUT2D eigenvalue weighted by Gasteiger charge is 2.11. The Kier molecular flexibility index (Phi) is 8.35. The van der Waals surface area contributed by atoms with Gasteiger partial charge >= 0.3 is 0 Å². The summed E-state index contributed by atoms with van der Waals surface area (Å²) in [4.78, 5) is 8.91. The number of aryl methyl sites for hydroxylation is 1. The summed E-state index contributed by atoms with van der Waals surface area (Å²) in [5.41, 5.74) is 2.75. The van der Waals surface area contributed by atoms with Gasteiger partial charge in [0.25, 0.3) is 0 Å². The Balaban J connectivity index is 0.00000320. The van der Waals surface area contributed by atoms with Crippen LogP contribution in [0.1, 0.15) is 16.7 Å². The monoisotopic (exact) mass is 540 g/mol. The first-order chi connectivity index (χ1) is 13.9. The van der Waals surface area contributed by atoms with E-state index in [1.807, 2.05) is 36.5 Å². The van der Waals surface area contributed by atoms with Crippen molar-refractivity contribution in [2.45, 2.75) is 24.9 Å². The predicted molar refractivity (Wildman–Crippen MR) is 128 cm³/mol. The topological polar surface area (TPSA) is 101 Å². The number of rotatable bonds is 6. The van der Waals surface area contributed by atoms with Crippen molar-refractivity contribution in [3.05, 3.63) is 71.7 Å². The molecule has 0 bridgehead atoms. The van der Waals surface area contributed by atoms with E-state index in [0.29, 0.717) is 23.9 Å². The van der Waals surface area contributed by atoms with E-state index in [2.05, 4.69) is 25.7 Å². The highest BCUT2D eigenvalue weighted by molar-refractivity contribution is 14.0. The lowest BCUT2D eigenvalue weighted by Gasteiger charge is -2.13. The Morgan fingerprint density at radius 3 is 2.37 bits per heavy atom. The molecule has 30 heavy (non-hydrogen) atoms. The average Bonchev–Trinajstić information content (AvgIpc) is 3.22. The predicted octanol–water partition coefficient (Wildman–Crippen LogP) is 2.46. The summed E-state index contributed by atoms with van der Waals surface area (Å²) < 4.78 is 25.2. The third-order valence-corrected chi connectivity index (χ3v) is 5.59. The van der Waals surface area contributed by atoms with E-state index in [0.717, 1.165) is 22.5 Å². The molecule has 0 unspecified atom stereocenters. The van der Waals surface area contributed by atoms with Crippen LogP contribution >= 0.6 is 24.0 Å². The molecule has 3 rings (SSSR count). The molecule has 0 radical (unpaired) electrons. The molecule has 0 atom stereocenters. The number of hydrogen-bond donors (Lipinski definition) is 2. The van der Waals surface area contributed by atoms with Crippen molar-refractivity contribution in [3.8, 4) is 5.82 Å². The Morgan fingerprint density at radius 1 is 1.10 bits per heavy atom. The van der Waals surface area contributed by atoms with E-state index in [4.69, 9.17) is 0 Å². The minimum Gasteiger partial charge on any atom is -0.352 e. The third kappa shape index (κ3) is 6.26. The average molecular weight is 540 g/mol. The van der Waals surface area contributed by atoms with E-state index in [1.165, 1.54) is 6.26 Å². The minimum absolute atomic E-state index is 0. The molecule has 0 saturated heterocycles. The van der Waals surface area contributed by atoms with Crippen LogP contribution in [0.15, 0.2) is 64.9 Å². The standard InChI is InChI=1S/C20H24N6O2S.HI/c1-15-11-16(5-6-18(15)29(3,27)28)13-23-20(21-2)24-14-17-7-9-22-19(12-17)26-10-4-8-25-26;/h4-12H,13-14H2,1-3H3,(H2,21,23,24);1H. The molecule has 3 aromatic rings. The molecule has 0 aliphatic rings. The number of nitrogens with zero attached hydrogens (tertiary/aromatic N) is 4. The number of nitrogens with one attached hydrogen (secondary N) is 2. The van der Waals surface area contributed by atoms with Gasteiger partial charge < -0.3 is 10.6 Å². The van der Waals surface area contributed by atoms with E-state index < -0.39 is 9.84 Å². The molecule has 10 heteroatoms. The fourth-order valence-electron chi connectivity index (χ4n) is 2.93. The van der Waals surface area contributed by atoms with Crippen LogP contribution in [0.2, 0.25) is 0 Å². The van der Waals surface area contributed by atoms with Crippen molar-refractivity contribution in [1.82, 2.24) is 25.4 Å². The number of aliphatic imine (C=N–C) groups is 1. The van der Waals surface area contributed by atoms with Gasteiger partial charge in [-0.05, 0) is 47.9 Å². The molecule has 2 heterocycles. The Bertz CT molecular complexity index is 1110. The summed E-state index contributed by atoms with van der Waals surface area (Å²) in [7, 11) is -1.51. The van der Waals surface area contributed by atoms with Gasteiger partial charge in [-0.25, -0.2) is 18.1 Å². The first kappa shape index (κ1) is 23.8. The second-order valence-corrected chi connectivity index (χ2v) is 8.61. The molecule has 8 nitrogen and oxygen atoms in total. The molecule has 0 fully saturated rings. The molecular formula is C20H25IN6O2S. The minimum atomic E-state index is -3.21. The largest absolute Gasteiger partial charge is 0.352 e. The van der Waals surface area contributed by atoms with E-state index >= 15 is 0 Å². The van der Waals surface area contributed by atoms with Crippen LogP contribution < -0.4 is 10.6 Å². The normalized spacial score (nSPS) is 11.6. The summed E-state index contributed by atoms with van der Waals surface area (Å²) in [5, 5.41) is 10.7. The summed E-state index contributed by atoms with van der Waals surface area (Å²) in [6.07, 6.45) is 6.52. The fourth-order valence-corrected chi connectivity index (χ4v) is 3.89. The van der Waals surface area contributed by atoms with E-state index in [9.17, 15) is 8.42 Å². The maximum absolute atomic E-state index is 11.7. The van der Waals surface area contributed by atoms with Crippen molar-refractivity contribution in [3.63, 3.8) is 0 Å². The highest BCUT2D eigenvalue weighted by Crippen LogP contribution is 2.16. The number of hydrogen-bond acceptors (Lipinski definition) is 5. The van der Waals surface area contributed by atoms with Crippen LogP contribution in [0.4, 0.5) is 0 Å². The van der Waals surface area contributed by atoms with Gasteiger partial charge in [-0.15, -0.1) is 24.0 Å². The molecule has 1 aromatic carbocycles. The lowest BCUT2D eigenvalue weighted by Crippen LogP contribution is -2.36. The lowest BCUT2D eigenvalue weighted by molar-refractivity contribution is 0.601. The number of halogens is 1.